The van der Waals surface area contributed by atoms with Crippen LogP contribution in [0, 0.1) is 0 Å². The van der Waals surface area contributed by atoms with Crippen molar-refractivity contribution < 1.29 is 27.5 Å². The lowest BCUT2D eigenvalue weighted by Gasteiger charge is -2.29. The van der Waals surface area contributed by atoms with Crippen LogP contribution in [-0.4, -0.2) is 38.2 Å². The molecular weight excluding hydrogens is 360 g/mol. The third-order valence-electron chi connectivity index (χ3n) is 4.11. The molecule has 0 saturated carbocycles. The quantitative estimate of drug-likeness (QED) is 0.816. The molecule has 26 heavy (non-hydrogen) atoms. The Balaban J connectivity index is 1.73. The van der Waals surface area contributed by atoms with Crippen molar-refractivity contribution in [2.24, 2.45) is 0 Å². The summed E-state index contributed by atoms with van der Waals surface area (Å²) in [6, 6.07) is 7.71. The number of rotatable bonds is 5. The zero-order valence-corrected chi connectivity index (χ0v) is 14.9. The van der Waals surface area contributed by atoms with E-state index in [1.807, 2.05) is 0 Å². The van der Waals surface area contributed by atoms with Gasteiger partial charge in [0.05, 0.1) is 18.5 Å². The van der Waals surface area contributed by atoms with Gasteiger partial charge >= 0.3 is 5.97 Å². The fraction of sp³-hybridized carbons (Fsp3) is 0.294. The van der Waals surface area contributed by atoms with Gasteiger partial charge in [-0.15, -0.1) is 0 Å². The molecule has 1 aliphatic heterocycles. The first-order chi connectivity index (χ1) is 12.3. The van der Waals surface area contributed by atoms with E-state index in [4.69, 9.17) is 9.52 Å². The number of fused-ring (bicyclic) bond motifs is 1. The minimum atomic E-state index is -3.35. The Morgan fingerprint density at radius 1 is 1.27 bits per heavy atom. The maximum Gasteiger partial charge on any atom is 0.371 e. The summed E-state index contributed by atoms with van der Waals surface area (Å²) in [6.45, 7) is 0.487. The lowest BCUT2D eigenvalue weighted by atomic mass is 10.0. The molecule has 2 N–H and O–H groups in total. The molecule has 0 aliphatic carbocycles. The van der Waals surface area contributed by atoms with Crippen LogP contribution in [0.2, 0.25) is 0 Å². The van der Waals surface area contributed by atoms with Gasteiger partial charge < -0.3 is 14.8 Å². The Morgan fingerprint density at radius 3 is 2.69 bits per heavy atom. The lowest BCUT2D eigenvalue weighted by molar-refractivity contribution is 0.0660. The summed E-state index contributed by atoms with van der Waals surface area (Å²) in [5.74, 6) is -1.38. The van der Waals surface area contributed by atoms with Crippen LogP contribution >= 0.6 is 0 Å². The molecule has 0 atom stereocenters. The molecule has 8 nitrogen and oxygen atoms in total. The van der Waals surface area contributed by atoms with Gasteiger partial charge in [-0.3, -0.25) is 9.10 Å². The van der Waals surface area contributed by atoms with E-state index in [0.29, 0.717) is 36.4 Å². The molecule has 0 bridgehead atoms. The number of carboxylic acids is 1. The number of anilines is 1. The highest BCUT2D eigenvalue weighted by atomic mass is 32.2. The molecule has 9 heteroatoms. The SMILES string of the molecule is CS(=O)(=O)N1CCCc2cc(C(=O)NCc3ccc(C(=O)O)o3)ccc21. The molecule has 1 aromatic carbocycles. The molecule has 0 saturated heterocycles. The number of furan rings is 1. The average molecular weight is 378 g/mol. The minimum absolute atomic E-state index is 0.0542. The van der Waals surface area contributed by atoms with Crippen molar-refractivity contribution in [2.45, 2.75) is 19.4 Å². The van der Waals surface area contributed by atoms with E-state index in [0.717, 1.165) is 11.8 Å². The van der Waals surface area contributed by atoms with E-state index in [9.17, 15) is 18.0 Å². The predicted molar refractivity (Wildman–Crippen MR) is 93.8 cm³/mol. The topological polar surface area (TPSA) is 117 Å². The molecule has 0 radical (unpaired) electrons. The number of carbonyl (C=O) groups is 2. The number of hydrogen-bond donors (Lipinski definition) is 2. The van der Waals surface area contributed by atoms with Crippen LogP contribution in [0.5, 0.6) is 0 Å². The second kappa shape index (κ2) is 6.83. The maximum absolute atomic E-state index is 12.3. The predicted octanol–water partition coefficient (Wildman–Crippen LogP) is 1.62. The van der Waals surface area contributed by atoms with Gasteiger partial charge in [0.25, 0.3) is 5.91 Å². The Kier molecular flexibility index (Phi) is 4.73. The fourth-order valence-corrected chi connectivity index (χ4v) is 3.90. The van der Waals surface area contributed by atoms with Crippen molar-refractivity contribution in [3.05, 3.63) is 53.0 Å². The van der Waals surface area contributed by atoms with Gasteiger partial charge in [0, 0.05) is 12.1 Å². The van der Waals surface area contributed by atoms with Gasteiger partial charge in [0.1, 0.15) is 5.76 Å². The highest BCUT2D eigenvalue weighted by Gasteiger charge is 2.24. The number of sulfonamides is 1. The maximum atomic E-state index is 12.3. The molecule has 2 aromatic rings. The molecule has 1 aliphatic rings. The molecule has 0 unspecified atom stereocenters. The number of aromatic carboxylic acids is 1. The standard InChI is InChI=1S/C17H18N2O6S/c1-26(23,24)19-8-2-3-11-9-12(4-6-14(11)19)16(20)18-10-13-5-7-15(25-13)17(21)22/h4-7,9H,2-3,8,10H2,1H3,(H,18,20)(H,21,22). The second-order valence-corrected chi connectivity index (χ2v) is 7.94. The van der Waals surface area contributed by atoms with Crippen LogP contribution in [0.15, 0.2) is 34.7 Å². The number of amides is 1. The van der Waals surface area contributed by atoms with Crippen LogP contribution in [0.3, 0.4) is 0 Å². The van der Waals surface area contributed by atoms with Gasteiger partial charge in [-0.2, -0.15) is 0 Å². The van der Waals surface area contributed by atoms with Crippen LogP contribution in [0.25, 0.3) is 0 Å². The molecule has 3 rings (SSSR count). The van der Waals surface area contributed by atoms with Gasteiger partial charge in [0.15, 0.2) is 0 Å². The highest BCUT2D eigenvalue weighted by molar-refractivity contribution is 7.92. The van der Waals surface area contributed by atoms with Gasteiger partial charge in [-0.05, 0) is 48.7 Å². The summed E-state index contributed by atoms with van der Waals surface area (Å²) < 4.78 is 30.2. The first-order valence-corrected chi connectivity index (χ1v) is 9.81. The first kappa shape index (κ1) is 18.0. The highest BCUT2D eigenvalue weighted by Crippen LogP contribution is 2.29. The largest absolute Gasteiger partial charge is 0.475 e. The van der Waals surface area contributed by atoms with E-state index in [-0.39, 0.29) is 18.2 Å². The van der Waals surface area contributed by atoms with Crippen molar-refractivity contribution in [3.8, 4) is 0 Å². The average Bonchev–Trinajstić information content (AvgIpc) is 3.07. The van der Waals surface area contributed by atoms with E-state index >= 15 is 0 Å². The molecule has 1 aromatic heterocycles. The number of carboxylic acid groups (broad SMARTS) is 1. The summed E-state index contributed by atoms with van der Waals surface area (Å²) in [6.07, 6.45) is 2.55. The second-order valence-electron chi connectivity index (χ2n) is 6.04. The molecular formula is C17H18N2O6S. The zero-order valence-electron chi connectivity index (χ0n) is 14.1. The number of carbonyl (C=O) groups excluding carboxylic acids is 1. The van der Waals surface area contributed by atoms with Crippen molar-refractivity contribution in [1.29, 1.82) is 0 Å². The normalized spacial score (nSPS) is 14.0. The van der Waals surface area contributed by atoms with Crippen LogP contribution < -0.4 is 9.62 Å². The van der Waals surface area contributed by atoms with Crippen molar-refractivity contribution in [1.82, 2.24) is 5.32 Å². The van der Waals surface area contributed by atoms with Crippen LogP contribution in [0.4, 0.5) is 5.69 Å². The Bertz CT molecular complexity index is 963. The van der Waals surface area contributed by atoms with Crippen molar-refractivity contribution >= 4 is 27.6 Å². The van der Waals surface area contributed by atoms with Crippen LogP contribution in [0.1, 0.15) is 38.7 Å². The molecule has 0 spiro atoms. The van der Waals surface area contributed by atoms with Gasteiger partial charge in [-0.1, -0.05) is 0 Å². The third kappa shape index (κ3) is 3.72. The molecule has 1 amide bonds. The third-order valence-corrected chi connectivity index (χ3v) is 5.29. The summed E-state index contributed by atoms with van der Waals surface area (Å²) in [5, 5.41) is 11.5. The van der Waals surface area contributed by atoms with E-state index in [1.54, 1.807) is 18.2 Å². The van der Waals surface area contributed by atoms with Crippen LogP contribution in [-0.2, 0) is 23.0 Å². The minimum Gasteiger partial charge on any atom is -0.475 e. The fourth-order valence-electron chi connectivity index (χ4n) is 2.91. The summed E-state index contributed by atoms with van der Waals surface area (Å²) in [4.78, 5) is 23.1. The molecule has 138 valence electrons. The molecule has 0 fully saturated rings. The summed E-state index contributed by atoms with van der Waals surface area (Å²) >= 11 is 0. The van der Waals surface area contributed by atoms with E-state index in [2.05, 4.69) is 5.32 Å². The first-order valence-electron chi connectivity index (χ1n) is 7.96. The Morgan fingerprint density at radius 2 is 2.04 bits per heavy atom. The monoisotopic (exact) mass is 378 g/mol. The van der Waals surface area contributed by atoms with Crippen molar-refractivity contribution in [2.75, 3.05) is 17.1 Å². The number of hydrogen-bond acceptors (Lipinski definition) is 5. The smallest absolute Gasteiger partial charge is 0.371 e. The number of nitrogens with zero attached hydrogens (tertiary/aromatic N) is 1. The Hall–Kier alpha value is -2.81. The number of benzene rings is 1. The van der Waals surface area contributed by atoms with Gasteiger partial charge in [-0.25, -0.2) is 13.2 Å². The number of aryl methyl sites for hydroxylation is 1. The number of nitrogens with one attached hydrogen (secondary N) is 1. The van der Waals surface area contributed by atoms with Gasteiger partial charge in [0.2, 0.25) is 15.8 Å². The summed E-state index contributed by atoms with van der Waals surface area (Å²) in [5.41, 5.74) is 1.82. The molecule has 2 heterocycles. The van der Waals surface area contributed by atoms with E-state index in [1.165, 1.54) is 16.4 Å². The van der Waals surface area contributed by atoms with E-state index < -0.39 is 16.0 Å². The Labute approximate surface area is 150 Å². The zero-order chi connectivity index (χ0) is 18.9. The summed E-state index contributed by atoms with van der Waals surface area (Å²) in [7, 11) is -3.35. The lowest BCUT2D eigenvalue weighted by Crippen LogP contribution is -2.34. The van der Waals surface area contributed by atoms with Crippen molar-refractivity contribution in [3.63, 3.8) is 0 Å².